The summed E-state index contributed by atoms with van der Waals surface area (Å²) >= 11 is 6.05. The molecule has 0 amide bonds. The van der Waals surface area contributed by atoms with Crippen LogP contribution in [0.4, 0.5) is 0 Å². The third-order valence-corrected chi connectivity index (χ3v) is 2.84. The van der Waals surface area contributed by atoms with E-state index >= 15 is 0 Å². The van der Waals surface area contributed by atoms with E-state index in [2.05, 4.69) is 19.2 Å². The monoisotopic (exact) mass is 256 g/mol. The van der Waals surface area contributed by atoms with E-state index in [-0.39, 0.29) is 6.04 Å². The van der Waals surface area contributed by atoms with E-state index in [0.29, 0.717) is 17.6 Å². The minimum atomic E-state index is -0.121. The van der Waals surface area contributed by atoms with Gasteiger partial charge in [0.1, 0.15) is 5.75 Å². The fraction of sp³-hybridized carbons (Fsp3) is 0.538. The lowest BCUT2D eigenvalue weighted by molar-refractivity contribution is 0.400. The van der Waals surface area contributed by atoms with Crippen LogP contribution in [0.25, 0.3) is 0 Å². The van der Waals surface area contributed by atoms with Crippen molar-refractivity contribution in [1.82, 2.24) is 5.32 Å². The third-order valence-electron chi connectivity index (χ3n) is 2.62. The van der Waals surface area contributed by atoms with Gasteiger partial charge in [0.25, 0.3) is 0 Å². The van der Waals surface area contributed by atoms with E-state index in [9.17, 15) is 0 Å². The molecule has 1 rings (SSSR count). The first-order valence-corrected chi connectivity index (χ1v) is 6.16. The molecule has 96 valence electrons. The zero-order valence-corrected chi connectivity index (χ0v) is 11.6. The molecule has 1 aromatic carbocycles. The Morgan fingerprint density at radius 2 is 2.06 bits per heavy atom. The van der Waals surface area contributed by atoms with Gasteiger partial charge in [-0.3, -0.25) is 0 Å². The van der Waals surface area contributed by atoms with Crippen molar-refractivity contribution >= 4 is 11.6 Å². The summed E-state index contributed by atoms with van der Waals surface area (Å²) in [5.74, 6) is 0.826. The van der Waals surface area contributed by atoms with Crippen LogP contribution in [0, 0.1) is 6.92 Å². The second kappa shape index (κ2) is 6.24. The minimum absolute atomic E-state index is 0.121. The van der Waals surface area contributed by atoms with E-state index < -0.39 is 0 Å². The molecule has 0 aliphatic carbocycles. The predicted octanol–water partition coefficient (Wildman–Crippen LogP) is 2.65. The summed E-state index contributed by atoms with van der Waals surface area (Å²) in [6, 6.07) is 4.05. The molecule has 0 spiro atoms. The summed E-state index contributed by atoms with van der Waals surface area (Å²) < 4.78 is 5.39. The topological polar surface area (TPSA) is 47.3 Å². The number of hydrogen-bond acceptors (Lipinski definition) is 3. The van der Waals surface area contributed by atoms with Crippen molar-refractivity contribution in [2.45, 2.75) is 32.9 Å². The van der Waals surface area contributed by atoms with Gasteiger partial charge in [0, 0.05) is 29.2 Å². The maximum Gasteiger partial charge on any atom is 0.126 e. The summed E-state index contributed by atoms with van der Waals surface area (Å²) in [7, 11) is 1.66. The molecule has 0 fully saturated rings. The maximum atomic E-state index is 6.16. The Balaban J connectivity index is 2.95. The molecule has 17 heavy (non-hydrogen) atoms. The second-order valence-electron chi connectivity index (χ2n) is 4.51. The molecule has 1 atom stereocenters. The highest BCUT2D eigenvalue weighted by molar-refractivity contribution is 6.30. The van der Waals surface area contributed by atoms with E-state index in [0.717, 1.165) is 16.9 Å². The number of rotatable bonds is 5. The summed E-state index contributed by atoms with van der Waals surface area (Å²) in [4.78, 5) is 0. The van der Waals surface area contributed by atoms with Crippen LogP contribution in [0.5, 0.6) is 5.75 Å². The Morgan fingerprint density at radius 1 is 1.41 bits per heavy atom. The van der Waals surface area contributed by atoms with Crippen LogP contribution < -0.4 is 15.8 Å². The maximum absolute atomic E-state index is 6.16. The van der Waals surface area contributed by atoms with Crippen molar-refractivity contribution in [2.75, 3.05) is 13.7 Å². The Morgan fingerprint density at radius 3 is 2.59 bits per heavy atom. The number of ether oxygens (including phenoxy) is 1. The molecule has 1 unspecified atom stereocenters. The first kappa shape index (κ1) is 14.3. The van der Waals surface area contributed by atoms with Gasteiger partial charge < -0.3 is 15.8 Å². The molecule has 0 radical (unpaired) electrons. The highest BCUT2D eigenvalue weighted by Gasteiger charge is 2.15. The van der Waals surface area contributed by atoms with Crippen LogP contribution in [0.2, 0.25) is 5.02 Å². The molecule has 0 bridgehead atoms. The van der Waals surface area contributed by atoms with Crippen LogP contribution in [-0.4, -0.2) is 19.7 Å². The van der Waals surface area contributed by atoms with E-state index in [1.54, 1.807) is 7.11 Å². The van der Waals surface area contributed by atoms with Crippen LogP contribution in [0.3, 0.4) is 0 Å². The molecule has 4 heteroatoms. The number of methoxy groups -OCH3 is 1. The molecule has 0 heterocycles. The van der Waals surface area contributed by atoms with Crippen molar-refractivity contribution in [3.63, 3.8) is 0 Å². The Kier molecular flexibility index (Phi) is 5.25. The second-order valence-corrected chi connectivity index (χ2v) is 4.95. The summed E-state index contributed by atoms with van der Waals surface area (Å²) in [6.45, 7) is 6.85. The fourth-order valence-electron chi connectivity index (χ4n) is 1.78. The van der Waals surface area contributed by atoms with Gasteiger partial charge in [-0.1, -0.05) is 25.4 Å². The van der Waals surface area contributed by atoms with Crippen LogP contribution in [-0.2, 0) is 0 Å². The molecule has 0 aromatic heterocycles. The minimum Gasteiger partial charge on any atom is -0.496 e. The highest BCUT2D eigenvalue weighted by Crippen LogP contribution is 2.30. The predicted molar refractivity (Wildman–Crippen MR) is 72.8 cm³/mol. The van der Waals surface area contributed by atoms with Crippen molar-refractivity contribution in [3.8, 4) is 5.75 Å². The zero-order chi connectivity index (χ0) is 13.0. The van der Waals surface area contributed by atoms with Crippen LogP contribution in [0.1, 0.15) is 31.0 Å². The molecule has 0 saturated heterocycles. The van der Waals surface area contributed by atoms with Crippen molar-refractivity contribution in [3.05, 3.63) is 28.3 Å². The van der Waals surface area contributed by atoms with E-state index in [1.807, 2.05) is 19.1 Å². The Bertz CT molecular complexity index is 380. The molecular weight excluding hydrogens is 236 g/mol. The van der Waals surface area contributed by atoms with Crippen molar-refractivity contribution in [2.24, 2.45) is 5.73 Å². The lowest BCUT2D eigenvalue weighted by atomic mass is 10.0. The number of nitrogens with one attached hydrogen (secondary N) is 1. The number of nitrogens with two attached hydrogens (primary N) is 1. The molecule has 1 aromatic rings. The van der Waals surface area contributed by atoms with Crippen LogP contribution >= 0.6 is 11.6 Å². The SMILES string of the molecule is COc1c(C)cc(Cl)cc1C(N)CNC(C)C. The van der Waals surface area contributed by atoms with Gasteiger partial charge in [0.2, 0.25) is 0 Å². The fourth-order valence-corrected chi connectivity index (χ4v) is 2.06. The lowest BCUT2D eigenvalue weighted by Gasteiger charge is -2.19. The number of halogens is 1. The van der Waals surface area contributed by atoms with E-state index in [4.69, 9.17) is 22.1 Å². The molecule has 3 nitrogen and oxygen atoms in total. The smallest absolute Gasteiger partial charge is 0.126 e. The van der Waals surface area contributed by atoms with Gasteiger partial charge in [-0.25, -0.2) is 0 Å². The number of hydrogen-bond donors (Lipinski definition) is 2. The molecular formula is C13H21ClN2O. The Labute approximate surface area is 108 Å². The average molecular weight is 257 g/mol. The molecule has 0 aliphatic heterocycles. The van der Waals surface area contributed by atoms with Crippen LogP contribution in [0.15, 0.2) is 12.1 Å². The van der Waals surface area contributed by atoms with Gasteiger partial charge in [0.05, 0.1) is 7.11 Å². The average Bonchev–Trinajstić information content (AvgIpc) is 2.24. The normalized spacial score (nSPS) is 12.9. The van der Waals surface area contributed by atoms with Crippen molar-refractivity contribution < 1.29 is 4.74 Å². The van der Waals surface area contributed by atoms with Gasteiger partial charge in [-0.05, 0) is 24.6 Å². The summed E-state index contributed by atoms with van der Waals surface area (Å²) in [5.41, 5.74) is 8.12. The standard InChI is InChI=1S/C13H21ClN2O/c1-8(2)16-7-12(15)11-6-10(14)5-9(3)13(11)17-4/h5-6,8,12,16H,7,15H2,1-4H3. The van der Waals surface area contributed by atoms with Gasteiger partial charge >= 0.3 is 0 Å². The van der Waals surface area contributed by atoms with Gasteiger partial charge in [-0.15, -0.1) is 0 Å². The summed E-state index contributed by atoms with van der Waals surface area (Å²) in [5, 5.41) is 4.00. The lowest BCUT2D eigenvalue weighted by Crippen LogP contribution is -2.32. The first-order valence-electron chi connectivity index (χ1n) is 5.78. The molecule has 0 saturated carbocycles. The van der Waals surface area contributed by atoms with E-state index in [1.165, 1.54) is 0 Å². The Hall–Kier alpha value is -0.770. The van der Waals surface area contributed by atoms with Gasteiger partial charge in [0.15, 0.2) is 0 Å². The van der Waals surface area contributed by atoms with Crippen molar-refractivity contribution in [1.29, 1.82) is 0 Å². The third kappa shape index (κ3) is 3.87. The molecule has 3 N–H and O–H groups in total. The number of aryl methyl sites for hydroxylation is 1. The van der Waals surface area contributed by atoms with Gasteiger partial charge in [-0.2, -0.15) is 0 Å². The summed E-state index contributed by atoms with van der Waals surface area (Å²) in [6.07, 6.45) is 0. The quantitative estimate of drug-likeness (QED) is 0.852. The first-order chi connectivity index (χ1) is 7.95. The largest absolute Gasteiger partial charge is 0.496 e. The highest BCUT2D eigenvalue weighted by atomic mass is 35.5. The number of benzene rings is 1. The molecule has 0 aliphatic rings. The zero-order valence-electron chi connectivity index (χ0n) is 10.9.